The number of halogens is 1. The van der Waals surface area contributed by atoms with Gasteiger partial charge in [-0.25, -0.2) is 9.37 Å². The van der Waals surface area contributed by atoms with Crippen LogP contribution < -0.4 is 5.43 Å². The van der Waals surface area contributed by atoms with E-state index in [-0.39, 0.29) is 16.9 Å². The number of aryl methyl sites for hydroxylation is 1. The molecule has 0 amide bonds. The number of benzene rings is 1. The molecule has 3 aromatic rings. The topological polar surface area (TPSA) is 77.7 Å². The summed E-state index contributed by atoms with van der Waals surface area (Å²) in [6.45, 7) is 4.25. The lowest BCUT2D eigenvalue weighted by Gasteiger charge is -2.31. The molecule has 0 aliphatic carbocycles. The summed E-state index contributed by atoms with van der Waals surface area (Å²) in [6, 6.07) is 6.14. The minimum absolute atomic E-state index is 0.151. The van der Waals surface area contributed by atoms with E-state index in [1.165, 1.54) is 6.07 Å². The van der Waals surface area contributed by atoms with Crippen molar-refractivity contribution < 1.29 is 4.39 Å². The van der Waals surface area contributed by atoms with Crippen molar-refractivity contribution in [1.29, 1.82) is 0 Å². The highest BCUT2D eigenvalue weighted by Gasteiger charge is 2.24. The molecule has 130 valence electrons. The predicted octanol–water partition coefficient (Wildman–Crippen LogP) is 2.47. The Hall–Kier alpha value is -2.54. The van der Waals surface area contributed by atoms with Crippen molar-refractivity contribution in [3.8, 4) is 0 Å². The monoisotopic (exact) mass is 341 g/mol. The second kappa shape index (κ2) is 6.40. The first-order valence-corrected chi connectivity index (χ1v) is 8.52. The van der Waals surface area contributed by atoms with Crippen LogP contribution in [-0.4, -0.2) is 38.2 Å². The van der Waals surface area contributed by atoms with Crippen LogP contribution >= 0.6 is 0 Å². The summed E-state index contributed by atoms with van der Waals surface area (Å²) in [5, 5.41) is 7.56. The van der Waals surface area contributed by atoms with Gasteiger partial charge in [-0.15, -0.1) is 0 Å². The summed E-state index contributed by atoms with van der Waals surface area (Å²) in [5.74, 6) is 1.55. The molecule has 3 heterocycles. The molecule has 0 unspecified atom stereocenters. The number of H-pyrrole nitrogens is 2. The number of para-hydroxylation sites is 1. The smallest absolute Gasteiger partial charge is 0.189 e. The number of aromatic amines is 2. The molecular formula is C18H20FN5O. The van der Waals surface area contributed by atoms with Gasteiger partial charge in [-0.05, 0) is 38.4 Å². The quantitative estimate of drug-likeness (QED) is 0.767. The third-order valence-corrected chi connectivity index (χ3v) is 4.75. The molecule has 0 radical (unpaired) electrons. The number of nitrogens with zero attached hydrogens (tertiary/aromatic N) is 3. The second-order valence-corrected chi connectivity index (χ2v) is 6.67. The molecule has 1 saturated heterocycles. The van der Waals surface area contributed by atoms with Crippen molar-refractivity contribution >= 4 is 10.9 Å². The molecule has 7 heteroatoms. The number of piperidine rings is 1. The maximum absolute atomic E-state index is 14.0. The lowest BCUT2D eigenvalue weighted by molar-refractivity contribution is 0.195. The van der Waals surface area contributed by atoms with Crippen LogP contribution in [0.25, 0.3) is 10.9 Å². The summed E-state index contributed by atoms with van der Waals surface area (Å²) in [4.78, 5) is 22.0. The first-order valence-electron chi connectivity index (χ1n) is 8.52. The molecule has 0 saturated carbocycles. The van der Waals surface area contributed by atoms with Gasteiger partial charge in [0.1, 0.15) is 11.6 Å². The lowest BCUT2D eigenvalue weighted by Crippen LogP contribution is -2.34. The fraction of sp³-hybridized carbons (Fsp3) is 0.389. The molecule has 25 heavy (non-hydrogen) atoms. The van der Waals surface area contributed by atoms with Crippen molar-refractivity contribution in [2.75, 3.05) is 13.1 Å². The van der Waals surface area contributed by atoms with Gasteiger partial charge in [-0.2, -0.15) is 5.10 Å². The van der Waals surface area contributed by atoms with Gasteiger partial charge in [0, 0.05) is 36.2 Å². The van der Waals surface area contributed by atoms with Gasteiger partial charge in [0.05, 0.1) is 5.52 Å². The average Bonchev–Trinajstić information content (AvgIpc) is 3.03. The largest absolute Gasteiger partial charge is 0.355 e. The van der Waals surface area contributed by atoms with Crippen molar-refractivity contribution in [1.82, 2.24) is 25.1 Å². The number of hydrogen-bond donors (Lipinski definition) is 2. The first kappa shape index (κ1) is 16.0. The number of pyridine rings is 1. The average molecular weight is 341 g/mol. The van der Waals surface area contributed by atoms with Gasteiger partial charge in [0.25, 0.3) is 0 Å². The van der Waals surface area contributed by atoms with Gasteiger partial charge < -0.3 is 4.98 Å². The maximum Gasteiger partial charge on any atom is 0.189 e. The minimum atomic E-state index is -0.399. The van der Waals surface area contributed by atoms with Crippen LogP contribution in [0.15, 0.2) is 29.1 Å². The highest BCUT2D eigenvalue weighted by atomic mass is 19.1. The van der Waals surface area contributed by atoms with Crippen molar-refractivity contribution in [2.24, 2.45) is 0 Å². The van der Waals surface area contributed by atoms with Gasteiger partial charge in [0.2, 0.25) is 0 Å². The molecule has 0 bridgehead atoms. The molecule has 2 N–H and O–H groups in total. The molecule has 1 atom stereocenters. The van der Waals surface area contributed by atoms with Gasteiger partial charge in [-0.1, -0.05) is 6.07 Å². The first-order chi connectivity index (χ1) is 12.1. The number of fused-ring (bicyclic) bond motifs is 1. The van der Waals surface area contributed by atoms with E-state index in [1.807, 2.05) is 6.92 Å². The number of aromatic nitrogens is 4. The summed E-state index contributed by atoms with van der Waals surface area (Å²) in [7, 11) is 0. The molecule has 1 aromatic carbocycles. The van der Waals surface area contributed by atoms with Gasteiger partial charge >= 0.3 is 0 Å². The van der Waals surface area contributed by atoms with Crippen LogP contribution in [0.5, 0.6) is 0 Å². The van der Waals surface area contributed by atoms with E-state index in [1.54, 1.807) is 18.2 Å². The Balaban J connectivity index is 1.56. The Bertz CT molecular complexity index is 963. The van der Waals surface area contributed by atoms with Crippen LogP contribution in [0.2, 0.25) is 0 Å². The standard InChI is InChI=1S/C18H20FN5O/c1-11-20-18(23-22-11)12-4-3-7-24(9-12)10-13-8-16(25)14-5-2-6-15(19)17(14)21-13/h2,5-6,8,12H,3-4,7,9-10H2,1H3,(H,21,25)(H,20,22,23)/t12-/m1/s1. The van der Waals surface area contributed by atoms with Gasteiger partial charge in [-0.3, -0.25) is 14.8 Å². The van der Waals surface area contributed by atoms with Crippen LogP contribution in [-0.2, 0) is 6.54 Å². The second-order valence-electron chi connectivity index (χ2n) is 6.67. The Labute approximate surface area is 144 Å². The Morgan fingerprint density at radius 2 is 2.28 bits per heavy atom. The number of likely N-dealkylation sites (tertiary alicyclic amines) is 1. The summed E-state index contributed by atoms with van der Waals surface area (Å²) in [6.07, 6.45) is 2.10. The zero-order chi connectivity index (χ0) is 17.4. The Kier molecular flexibility index (Phi) is 4.09. The van der Waals surface area contributed by atoms with Crippen LogP contribution in [0.4, 0.5) is 4.39 Å². The zero-order valence-electron chi connectivity index (χ0n) is 14.1. The van der Waals surface area contributed by atoms with E-state index in [0.29, 0.717) is 11.9 Å². The van der Waals surface area contributed by atoms with E-state index in [0.717, 1.165) is 43.3 Å². The van der Waals surface area contributed by atoms with E-state index >= 15 is 0 Å². The normalized spacial score (nSPS) is 18.7. The summed E-state index contributed by atoms with van der Waals surface area (Å²) < 4.78 is 14.0. The SMILES string of the molecule is Cc1nc([C@@H]2CCCN(Cc3cc(=O)c4cccc(F)c4[nH]3)C2)n[nH]1. The molecule has 1 aliphatic heterocycles. The third-order valence-electron chi connectivity index (χ3n) is 4.75. The maximum atomic E-state index is 14.0. The van der Waals surface area contributed by atoms with Crippen molar-refractivity contribution in [3.63, 3.8) is 0 Å². The minimum Gasteiger partial charge on any atom is -0.355 e. The zero-order valence-corrected chi connectivity index (χ0v) is 14.1. The molecule has 1 aliphatic rings. The molecule has 2 aromatic heterocycles. The van der Waals surface area contributed by atoms with Crippen molar-refractivity contribution in [3.05, 3.63) is 57.6 Å². The van der Waals surface area contributed by atoms with Crippen LogP contribution in [0.3, 0.4) is 0 Å². The van der Waals surface area contributed by atoms with Crippen molar-refractivity contribution in [2.45, 2.75) is 32.2 Å². The fourth-order valence-corrected chi connectivity index (χ4v) is 3.57. The number of rotatable bonds is 3. The molecule has 4 rings (SSSR count). The highest BCUT2D eigenvalue weighted by Crippen LogP contribution is 2.25. The Morgan fingerprint density at radius 3 is 3.08 bits per heavy atom. The molecule has 1 fully saturated rings. The fourth-order valence-electron chi connectivity index (χ4n) is 3.57. The highest BCUT2D eigenvalue weighted by molar-refractivity contribution is 5.78. The Morgan fingerprint density at radius 1 is 1.40 bits per heavy atom. The van der Waals surface area contributed by atoms with Crippen LogP contribution in [0, 0.1) is 12.7 Å². The van der Waals surface area contributed by atoms with E-state index in [2.05, 4.69) is 25.1 Å². The van der Waals surface area contributed by atoms with E-state index < -0.39 is 5.82 Å². The summed E-state index contributed by atoms with van der Waals surface area (Å²) in [5.41, 5.74) is 0.860. The molecule has 0 spiro atoms. The van der Waals surface area contributed by atoms with E-state index in [4.69, 9.17) is 0 Å². The summed E-state index contributed by atoms with van der Waals surface area (Å²) >= 11 is 0. The number of nitrogens with one attached hydrogen (secondary N) is 2. The predicted molar refractivity (Wildman–Crippen MR) is 92.9 cm³/mol. The van der Waals surface area contributed by atoms with Gasteiger partial charge in [0.15, 0.2) is 11.3 Å². The lowest BCUT2D eigenvalue weighted by atomic mass is 9.97. The van der Waals surface area contributed by atoms with Crippen LogP contribution in [0.1, 0.15) is 36.1 Å². The molecule has 6 nitrogen and oxygen atoms in total. The third kappa shape index (κ3) is 3.19. The van der Waals surface area contributed by atoms with E-state index in [9.17, 15) is 9.18 Å². The molecular weight excluding hydrogens is 321 g/mol. The number of hydrogen-bond acceptors (Lipinski definition) is 4.